The number of para-hydroxylation sites is 1. The summed E-state index contributed by atoms with van der Waals surface area (Å²) >= 11 is 0. The molecule has 0 fully saturated rings. The zero-order valence-corrected chi connectivity index (χ0v) is 13.2. The van der Waals surface area contributed by atoms with Gasteiger partial charge in [0, 0.05) is 11.8 Å². The van der Waals surface area contributed by atoms with Crippen LogP contribution in [0.2, 0.25) is 0 Å². The zero-order chi connectivity index (χ0) is 17.8. The van der Waals surface area contributed by atoms with Crippen LogP contribution in [-0.4, -0.2) is 26.8 Å². The van der Waals surface area contributed by atoms with Crippen molar-refractivity contribution in [2.75, 3.05) is 12.4 Å². The summed E-state index contributed by atoms with van der Waals surface area (Å²) in [6.45, 7) is 0.157. The number of anilines is 1. The summed E-state index contributed by atoms with van der Waals surface area (Å²) in [7, 11) is 1.29. The third-order valence-electron chi connectivity index (χ3n) is 3.56. The number of benzene rings is 2. The highest BCUT2D eigenvalue weighted by Gasteiger charge is 2.19. The lowest BCUT2D eigenvalue weighted by atomic mass is 10.2. The average Bonchev–Trinajstić information content (AvgIpc) is 3.09. The number of rotatable bonds is 6. The van der Waals surface area contributed by atoms with E-state index in [0.717, 1.165) is 11.8 Å². The van der Waals surface area contributed by atoms with Crippen molar-refractivity contribution in [1.29, 1.82) is 0 Å². The molecular weight excluding hydrogens is 329 g/mol. The monoisotopic (exact) mass is 343 g/mol. The molecule has 0 aliphatic carbocycles. The van der Waals surface area contributed by atoms with E-state index in [0.29, 0.717) is 5.82 Å². The van der Waals surface area contributed by atoms with Crippen LogP contribution in [0.3, 0.4) is 0 Å². The van der Waals surface area contributed by atoms with E-state index < -0.39 is 10.7 Å². The van der Waals surface area contributed by atoms with Gasteiger partial charge in [-0.2, -0.15) is 0 Å². The van der Waals surface area contributed by atoms with E-state index in [9.17, 15) is 14.5 Å². The Balaban J connectivity index is 1.88. The number of aromatic nitrogens is 3. The molecule has 0 radical (unpaired) electrons. The molecule has 128 valence electrons. The molecule has 25 heavy (non-hydrogen) atoms. The summed E-state index contributed by atoms with van der Waals surface area (Å²) in [5, 5.41) is 21.9. The molecule has 3 rings (SSSR count). The van der Waals surface area contributed by atoms with E-state index in [1.54, 1.807) is 10.9 Å². The number of nitro benzene ring substituents is 1. The summed E-state index contributed by atoms with van der Waals surface area (Å²) in [4.78, 5) is 10.5. The Labute approximate surface area is 142 Å². The summed E-state index contributed by atoms with van der Waals surface area (Å²) in [6, 6.07) is 11.5. The Kier molecular flexibility index (Phi) is 4.55. The Morgan fingerprint density at radius 1 is 1.32 bits per heavy atom. The third-order valence-corrected chi connectivity index (χ3v) is 3.56. The third kappa shape index (κ3) is 3.39. The summed E-state index contributed by atoms with van der Waals surface area (Å²) in [5.74, 6) is -0.339. The van der Waals surface area contributed by atoms with Crippen LogP contribution in [0.1, 0.15) is 5.82 Å². The van der Waals surface area contributed by atoms with Gasteiger partial charge in [-0.3, -0.25) is 14.7 Å². The van der Waals surface area contributed by atoms with Crippen molar-refractivity contribution in [3.8, 4) is 11.4 Å². The van der Waals surface area contributed by atoms with Crippen LogP contribution in [0.15, 0.2) is 48.8 Å². The molecular formula is C16H14FN5O3. The normalized spacial score (nSPS) is 10.5. The molecule has 0 bridgehead atoms. The quantitative estimate of drug-likeness (QED) is 0.546. The van der Waals surface area contributed by atoms with Gasteiger partial charge in [-0.1, -0.05) is 18.2 Å². The molecule has 1 N–H and O–H groups in total. The van der Waals surface area contributed by atoms with Gasteiger partial charge >= 0.3 is 0 Å². The highest BCUT2D eigenvalue weighted by molar-refractivity contribution is 5.64. The molecule has 0 aliphatic rings. The summed E-state index contributed by atoms with van der Waals surface area (Å²) in [5.41, 5.74) is 0.602. The van der Waals surface area contributed by atoms with Gasteiger partial charge in [-0.05, 0) is 12.1 Å². The topological polar surface area (TPSA) is 95.1 Å². The van der Waals surface area contributed by atoms with Crippen molar-refractivity contribution in [2.24, 2.45) is 0 Å². The first-order valence-electron chi connectivity index (χ1n) is 7.30. The second kappa shape index (κ2) is 6.95. The van der Waals surface area contributed by atoms with Crippen LogP contribution >= 0.6 is 0 Å². The number of nitrogens with one attached hydrogen (secondary N) is 1. The van der Waals surface area contributed by atoms with E-state index in [4.69, 9.17) is 4.74 Å². The van der Waals surface area contributed by atoms with E-state index >= 15 is 0 Å². The van der Waals surface area contributed by atoms with Crippen LogP contribution in [0.4, 0.5) is 15.8 Å². The Bertz CT molecular complexity index is 898. The van der Waals surface area contributed by atoms with Gasteiger partial charge in [-0.25, -0.2) is 4.39 Å². The number of hydrogen-bond donors (Lipinski definition) is 1. The second-order valence-electron chi connectivity index (χ2n) is 5.07. The molecule has 2 aromatic carbocycles. The van der Waals surface area contributed by atoms with Crippen molar-refractivity contribution in [1.82, 2.24) is 14.8 Å². The van der Waals surface area contributed by atoms with Crippen LogP contribution < -0.4 is 10.1 Å². The van der Waals surface area contributed by atoms with Crippen molar-refractivity contribution in [2.45, 2.75) is 6.54 Å². The van der Waals surface area contributed by atoms with Crippen molar-refractivity contribution in [3.05, 3.63) is 70.5 Å². The van der Waals surface area contributed by atoms with E-state index in [-0.39, 0.29) is 23.7 Å². The number of methoxy groups -OCH3 is 1. The fourth-order valence-corrected chi connectivity index (χ4v) is 2.35. The number of nitrogens with zero attached hydrogens (tertiary/aromatic N) is 4. The highest BCUT2D eigenvalue weighted by atomic mass is 19.1. The first kappa shape index (κ1) is 16.4. The first-order chi connectivity index (χ1) is 12.1. The Morgan fingerprint density at radius 2 is 2.08 bits per heavy atom. The molecule has 9 heteroatoms. The molecule has 8 nitrogen and oxygen atoms in total. The molecule has 0 atom stereocenters. The molecule has 0 amide bonds. The molecule has 0 saturated heterocycles. The van der Waals surface area contributed by atoms with Gasteiger partial charge in [0.25, 0.3) is 5.69 Å². The molecule has 1 aromatic heterocycles. The van der Waals surface area contributed by atoms with Gasteiger partial charge in [0.05, 0.1) is 24.6 Å². The molecule has 0 unspecified atom stereocenters. The highest BCUT2D eigenvalue weighted by Crippen LogP contribution is 2.32. The van der Waals surface area contributed by atoms with Crippen molar-refractivity contribution >= 4 is 11.4 Å². The molecule has 0 saturated carbocycles. The maximum absolute atomic E-state index is 13.7. The smallest absolute Gasteiger partial charge is 0.295 e. The molecule has 0 aliphatic heterocycles. The maximum Gasteiger partial charge on any atom is 0.295 e. The number of ether oxygens (including phenoxy) is 1. The van der Waals surface area contributed by atoms with Crippen molar-refractivity contribution in [3.63, 3.8) is 0 Å². The lowest BCUT2D eigenvalue weighted by Gasteiger charge is -2.10. The van der Waals surface area contributed by atoms with Crippen molar-refractivity contribution < 1.29 is 14.1 Å². The fourth-order valence-electron chi connectivity index (χ4n) is 2.35. The van der Waals surface area contributed by atoms with Gasteiger partial charge in [0.1, 0.15) is 12.0 Å². The Hall–Kier alpha value is -3.49. The minimum absolute atomic E-state index is 0.0855. The van der Waals surface area contributed by atoms with Crippen LogP contribution in [-0.2, 0) is 6.54 Å². The maximum atomic E-state index is 13.7. The minimum atomic E-state index is -0.799. The predicted octanol–water partition coefficient (Wildman–Crippen LogP) is 2.94. The second-order valence-corrected chi connectivity index (χ2v) is 5.07. The van der Waals surface area contributed by atoms with Crippen LogP contribution in [0.5, 0.6) is 5.75 Å². The SMILES string of the molecule is COc1cc(NCc2nncn2-c2ccccc2)c([N+](=O)[O-])cc1F. The molecule has 0 spiro atoms. The van der Waals surface area contributed by atoms with E-state index in [1.807, 2.05) is 30.3 Å². The minimum Gasteiger partial charge on any atom is -0.494 e. The molecule has 3 aromatic rings. The van der Waals surface area contributed by atoms with Gasteiger partial charge in [0.2, 0.25) is 0 Å². The summed E-state index contributed by atoms with van der Waals surface area (Å²) in [6.07, 6.45) is 1.55. The largest absolute Gasteiger partial charge is 0.494 e. The standard InChI is InChI=1S/C16H14FN5O3/c1-25-15-8-13(14(22(23)24)7-12(15)17)18-9-16-20-19-10-21(16)11-5-3-2-4-6-11/h2-8,10,18H,9H2,1H3. The molecule has 1 heterocycles. The van der Waals surface area contributed by atoms with Gasteiger partial charge in [0.15, 0.2) is 17.4 Å². The predicted molar refractivity (Wildman–Crippen MR) is 88.3 cm³/mol. The summed E-state index contributed by atoms with van der Waals surface area (Å²) < 4.78 is 20.3. The number of halogens is 1. The van der Waals surface area contributed by atoms with Crippen LogP contribution in [0, 0.1) is 15.9 Å². The first-order valence-corrected chi connectivity index (χ1v) is 7.30. The fraction of sp³-hybridized carbons (Fsp3) is 0.125. The van der Waals surface area contributed by atoms with E-state index in [2.05, 4.69) is 15.5 Å². The Morgan fingerprint density at radius 3 is 2.76 bits per heavy atom. The van der Waals surface area contributed by atoms with Crippen LogP contribution in [0.25, 0.3) is 5.69 Å². The van der Waals surface area contributed by atoms with E-state index in [1.165, 1.54) is 13.2 Å². The number of nitro groups is 1. The van der Waals surface area contributed by atoms with Gasteiger partial charge < -0.3 is 10.1 Å². The zero-order valence-electron chi connectivity index (χ0n) is 13.2. The lowest BCUT2D eigenvalue weighted by Crippen LogP contribution is -2.09. The average molecular weight is 343 g/mol. The number of hydrogen-bond acceptors (Lipinski definition) is 6. The lowest BCUT2D eigenvalue weighted by molar-refractivity contribution is -0.384. The van der Waals surface area contributed by atoms with Gasteiger partial charge in [-0.15, -0.1) is 10.2 Å².